The van der Waals surface area contributed by atoms with Crippen molar-refractivity contribution in [1.29, 1.82) is 0 Å². The summed E-state index contributed by atoms with van der Waals surface area (Å²) in [5.74, 6) is 0. The van der Waals surface area contributed by atoms with Crippen molar-refractivity contribution in [1.82, 2.24) is 0 Å². The Kier molecular flexibility index (Phi) is 20.8. The molecule has 3 heteroatoms. The van der Waals surface area contributed by atoms with E-state index < -0.39 is 16.2 Å². The van der Waals surface area contributed by atoms with Crippen LogP contribution in [0.4, 0.5) is 0 Å². The van der Waals surface area contributed by atoms with E-state index in [2.05, 4.69) is 13.8 Å². The Morgan fingerprint density at radius 3 is 1.33 bits per heavy atom. The molecule has 0 fully saturated rings. The molecule has 0 spiro atoms. The van der Waals surface area contributed by atoms with Crippen molar-refractivity contribution in [3.8, 4) is 0 Å². The fourth-order valence-corrected chi connectivity index (χ4v) is 0.500. The van der Waals surface area contributed by atoms with Crippen molar-refractivity contribution in [3.05, 3.63) is 0 Å². The molecule has 0 saturated heterocycles. The minimum atomic E-state index is -1.81. The van der Waals surface area contributed by atoms with Crippen LogP contribution in [0.5, 0.6) is 0 Å². The van der Waals surface area contributed by atoms with Crippen LogP contribution in [0.25, 0.3) is 0 Å². The van der Waals surface area contributed by atoms with Gasteiger partial charge in [-0.25, -0.2) is 0 Å². The molecular weight excluding hydrogens is 155 g/mol. The molecule has 0 radical (unpaired) electrons. The van der Waals surface area contributed by atoms with Gasteiger partial charge in [0.15, 0.2) is 0 Å². The topological polar surface area (TPSA) is 34.1 Å². The molecule has 0 aliphatic rings. The van der Waals surface area contributed by atoms with E-state index in [4.69, 9.17) is 7.35 Å². The predicted molar refractivity (Wildman–Crippen MR) is 31.2 cm³/mol. The monoisotopic (exact) mass is 169 g/mol. The number of hydrogen-bond acceptors (Lipinski definition) is 2. The van der Waals surface area contributed by atoms with E-state index >= 15 is 0 Å². The first-order valence-corrected chi connectivity index (χ1v) is 4.42. The molecule has 0 bridgehead atoms. The summed E-state index contributed by atoms with van der Waals surface area (Å²) < 4.78 is 16.9. The van der Waals surface area contributed by atoms with E-state index in [1.807, 2.05) is 0 Å². The summed E-state index contributed by atoms with van der Waals surface area (Å²) in [6.45, 7) is 4.46. The van der Waals surface area contributed by atoms with Gasteiger partial charge in [0.2, 0.25) is 0 Å². The van der Waals surface area contributed by atoms with E-state index in [-0.39, 0.29) is 0 Å². The Balaban J connectivity index is 0. The summed E-state index contributed by atoms with van der Waals surface area (Å²) in [6.07, 6.45) is 5.54. The third kappa shape index (κ3) is 30.9. The zero-order valence-electron chi connectivity index (χ0n) is 6.09. The molecule has 0 aliphatic carbocycles. The first kappa shape index (κ1) is 11.9. The molecular formula is C6H14O2V. The summed E-state index contributed by atoms with van der Waals surface area (Å²) in [7, 11) is 0. The van der Waals surface area contributed by atoms with Crippen molar-refractivity contribution in [2.24, 2.45) is 0 Å². The Hall–Kier alpha value is 0.184. The first-order valence-electron chi connectivity index (χ1n) is 3.28. The standard InChI is InChI=1S/C6H14.2O.V/c1-3-5-6-4-2;;;/h3-6H2,1-2H3;;;. The molecule has 0 heterocycles. The van der Waals surface area contributed by atoms with E-state index in [1.165, 1.54) is 25.7 Å². The maximum absolute atomic E-state index is 8.47. The van der Waals surface area contributed by atoms with Gasteiger partial charge in [0.1, 0.15) is 0 Å². The second-order valence-electron chi connectivity index (χ2n) is 1.78. The Morgan fingerprint density at radius 2 is 1.22 bits per heavy atom. The maximum atomic E-state index is 8.47. The molecule has 2 nitrogen and oxygen atoms in total. The van der Waals surface area contributed by atoms with Gasteiger partial charge in [-0.2, -0.15) is 0 Å². The summed E-state index contributed by atoms with van der Waals surface area (Å²) in [6, 6.07) is 0. The quantitative estimate of drug-likeness (QED) is 0.607. The van der Waals surface area contributed by atoms with Gasteiger partial charge in [-0.1, -0.05) is 39.5 Å². The van der Waals surface area contributed by atoms with Gasteiger partial charge in [0, 0.05) is 0 Å². The van der Waals surface area contributed by atoms with Crippen molar-refractivity contribution in [2.45, 2.75) is 39.5 Å². The van der Waals surface area contributed by atoms with Gasteiger partial charge in [-0.3, -0.25) is 0 Å². The second-order valence-corrected chi connectivity index (χ2v) is 2.01. The first-order chi connectivity index (χ1) is 4.33. The van der Waals surface area contributed by atoms with Gasteiger partial charge in [-0.15, -0.1) is 0 Å². The van der Waals surface area contributed by atoms with Crippen molar-refractivity contribution < 1.29 is 23.5 Å². The second kappa shape index (κ2) is 15.7. The van der Waals surface area contributed by atoms with Gasteiger partial charge in [0.05, 0.1) is 0 Å². The zero-order chi connectivity index (χ0) is 7.54. The fraction of sp³-hybridized carbons (Fsp3) is 1.00. The van der Waals surface area contributed by atoms with Crippen LogP contribution in [-0.4, -0.2) is 0 Å². The molecule has 0 unspecified atom stereocenters. The van der Waals surface area contributed by atoms with Crippen LogP contribution in [0, 0.1) is 0 Å². The average Bonchev–Trinajstić information content (AvgIpc) is 1.86. The third-order valence-corrected chi connectivity index (χ3v) is 0.957. The summed E-state index contributed by atoms with van der Waals surface area (Å²) >= 11 is -1.81. The molecule has 0 amide bonds. The van der Waals surface area contributed by atoms with Gasteiger partial charge >= 0.3 is 23.5 Å². The SMILES string of the molecule is CCCCCC.[O]=[V]=[O]. The van der Waals surface area contributed by atoms with E-state index in [9.17, 15) is 0 Å². The van der Waals surface area contributed by atoms with E-state index in [0.717, 1.165) is 0 Å². The Morgan fingerprint density at radius 1 is 1.00 bits per heavy atom. The van der Waals surface area contributed by atoms with Gasteiger partial charge < -0.3 is 0 Å². The fourth-order valence-electron chi connectivity index (χ4n) is 0.500. The van der Waals surface area contributed by atoms with E-state index in [1.54, 1.807) is 0 Å². The summed E-state index contributed by atoms with van der Waals surface area (Å²) in [5.41, 5.74) is 0. The van der Waals surface area contributed by atoms with Crippen LogP contribution in [0.2, 0.25) is 0 Å². The van der Waals surface area contributed by atoms with E-state index in [0.29, 0.717) is 0 Å². The number of rotatable bonds is 3. The Bertz CT molecular complexity index is 63.5. The minimum absolute atomic E-state index is 1.36. The molecule has 0 rings (SSSR count). The average molecular weight is 169 g/mol. The predicted octanol–water partition coefficient (Wildman–Crippen LogP) is 2.35. The van der Waals surface area contributed by atoms with Crippen molar-refractivity contribution >= 4 is 0 Å². The van der Waals surface area contributed by atoms with Crippen LogP contribution in [0.1, 0.15) is 39.5 Å². The van der Waals surface area contributed by atoms with Crippen LogP contribution in [0.15, 0.2) is 0 Å². The normalized spacial score (nSPS) is 6.89. The van der Waals surface area contributed by atoms with Crippen LogP contribution >= 0.6 is 0 Å². The molecule has 0 aromatic carbocycles. The van der Waals surface area contributed by atoms with Crippen molar-refractivity contribution in [3.63, 3.8) is 0 Å². The molecule has 9 heavy (non-hydrogen) atoms. The van der Waals surface area contributed by atoms with Crippen LogP contribution in [0.3, 0.4) is 0 Å². The molecule has 55 valence electrons. The molecule has 0 aromatic heterocycles. The molecule has 0 N–H and O–H groups in total. The van der Waals surface area contributed by atoms with Gasteiger partial charge in [0.25, 0.3) is 0 Å². The third-order valence-electron chi connectivity index (χ3n) is 0.957. The number of hydrogen-bond donors (Lipinski definition) is 0. The number of unbranched alkanes of at least 4 members (excludes halogenated alkanes) is 3. The molecule has 0 aliphatic heterocycles. The summed E-state index contributed by atoms with van der Waals surface area (Å²) in [5, 5.41) is 0. The van der Waals surface area contributed by atoms with Crippen molar-refractivity contribution in [2.75, 3.05) is 0 Å². The zero-order valence-corrected chi connectivity index (χ0v) is 7.49. The Labute approximate surface area is 63.6 Å². The van der Waals surface area contributed by atoms with Gasteiger partial charge in [-0.05, 0) is 0 Å². The molecule has 0 aromatic rings. The van der Waals surface area contributed by atoms with Crippen LogP contribution < -0.4 is 0 Å². The molecule has 0 atom stereocenters. The summed E-state index contributed by atoms with van der Waals surface area (Å²) in [4.78, 5) is 0. The molecule has 0 saturated carbocycles. The van der Waals surface area contributed by atoms with Crippen LogP contribution in [-0.2, 0) is 23.5 Å².